The summed E-state index contributed by atoms with van der Waals surface area (Å²) in [5, 5.41) is 0. The van der Waals surface area contributed by atoms with Gasteiger partial charge in [-0.2, -0.15) is 0 Å². The quantitative estimate of drug-likeness (QED) is 0.763. The van der Waals surface area contributed by atoms with E-state index in [0.29, 0.717) is 13.2 Å². The van der Waals surface area contributed by atoms with Crippen LogP contribution >= 0.6 is 0 Å². The van der Waals surface area contributed by atoms with Gasteiger partial charge in [-0.15, -0.1) is 5.73 Å². The van der Waals surface area contributed by atoms with Crippen molar-refractivity contribution in [3.8, 4) is 0 Å². The van der Waals surface area contributed by atoms with Gasteiger partial charge in [-0.1, -0.05) is 43.5 Å². The summed E-state index contributed by atoms with van der Waals surface area (Å²) < 4.78 is 11.7. The van der Waals surface area contributed by atoms with Gasteiger partial charge >= 0.3 is 0 Å². The fraction of sp³-hybridized carbons (Fsp3) is 0.278. The molecule has 0 spiro atoms. The molecule has 2 heteroatoms. The van der Waals surface area contributed by atoms with E-state index in [0.717, 1.165) is 24.2 Å². The van der Waals surface area contributed by atoms with Crippen molar-refractivity contribution >= 4 is 0 Å². The Labute approximate surface area is 120 Å². The minimum absolute atomic E-state index is 0.102. The molecule has 1 unspecified atom stereocenters. The van der Waals surface area contributed by atoms with Crippen LogP contribution in [0.4, 0.5) is 0 Å². The van der Waals surface area contributed by atoms with Crippen molar-refractivity contribution in [1.82, 2.24) is 0 Å². The van der Waals surface area contributed by atoms with Crippen molar-refractivity contribution < 1.29 is 9.47 Å². The molecule has 0 N–H and O–H groups in total. The lowest BCUT2D eigenvalue weighted by molar-refractivity contribution is -0.00382. The standard InChI is InChI=1S/C18H20O2/c1-3-4-10-18-15(2)11-12-17(14-20-18)19-13-16-8-6-5-7-9-16/h4-10,17H,1-2,11-14H2/b18-10+. The summed E-state index contributed by atoms with van der Waals surface area (Å²) in [6.45, 7) is 8.76. The normalized spacial score (nSPS) is 20.9. The van der Waals surface area contributed by atoms with Gasteiger partial charge in [-0.25, -0.2) is 0 Å². The van der Waals surface area contributed by atoms with E-state index >= 15 is 0 Å². The van der Waals surface area contributed by atoms with Crippen LogP contribution in [0.5, 0.6) is 0 Å². The number of benzene rings is 1. The summed E-state index contributed by atoms with van der Waals surface area (Å²) in [7, 11) is 0. The molecule has 0 bridgehead atoms. The Morgan fingerprint density at radius 3 is 2.90 bits per heavy atom. The first-order valence-corrected chi connectivity index (χ1v) is 6.82. The van der Waals surface area contributed by atoms with Crippen molar-refractivity contribution in [2.45, 2.75) is 25.6 Å². The molecule has 0 amide bonds. The summed E-state index contributed by atoms with van der Waals surface area (Å²) in [6, 6.07) is 10.2. The topological polar surface area (TPSA) is 18.5 Å². The third kappa shape index (κ3) is 4.27. The zero-order chi connectivity index (χ0) is 14.2. The van der Waals surface area contributed by atoms with Crippen LogP contribution in [0.1, 0.15) is 18.4 Å². The third-order valence-electron chi connectivity index (χ3n) is 3.22. The maximum Gasteiger partial charge on any atom is 0.122 e. The first kappa shape index (κ1) is 14.4. The van der Waals surface area contributed by atoms with Gasteiger partial charge in [0.05, 0.1) is 12.7 Å². The molecule has 1 aliphatic heterocycles. The van der Waals surface area contributed by atoms with Crippen LogP contribution in [0.3, 0.4) is 0 Å². The summed E-state index contributed by atoms with van der Waals surface area (Å²) in [4.78, 5) is 0. The average molecular weight is 268 g/mol. The van der Waals surface area contributed by atoms with E-state index in [1.807, 2.05) is 24.3 Å². The van der Waals surface area contributed by atoms with E-state index in [1.165, 1.54) is 5.56 Å². The van der Waals surface area contributed by atoms with Crippen LogP contribution in [-0.2, 0) is 16.1 Å². The largest absolute Gasteiger partial charge is 0.491 e. The zero-order valence-electron chi connectivity index (χ0n) is 11.7. The highest BCUT2D eigenvalue weighted by molar-refractivity contribution is 5.27. The summed E-state index contributed by atoms with van der Waals surface area (Å²) in [5.41, 5.74) is 4.89. The van der Waals surface area contributed by atoms with E-state index < -0.39 is 0 Å². The number of ether oxygens (including phenoxy) is 2. The Balaban J connectivity index is 1.89. The Bertz CT molecular complexity index is 522. The van der Waals surface area contributed by atoms with E-state index in [-0.39, 0.29) is 6.10 Å². The second kappa shape index (κ2) is 7.54. The zero-order valence-corrected chi connectivity index (χ0v) is 11.7. The Morgan fingerprint density at radius 2 is 2.15 bits per heavy atom. The molecule has 1 aromatic rings. The fourth-order valence-electron chi connectivity index (χ4n) is 2.05. The lowest BCUT2D eigenvalue weighted by Gasteiger charge is -2.15. The summed E-state index contributed by atoms with van der Waals surface area (Å²) in [5.74, 6) is 0.812. The van der Waals surface area contributed by atoms with Crippen molar-refractivity contribution in [3.05, 3.63) is 78.3 Å². The second-order valence-electron chi connectivity index (χ2n) is 4.77. The molecule has 1 atom stereocenters. The van der Waals surface area contributed by atoms with Crippen molar-refractivity contribution in [1.29, 1.82) is 0 Å². The maximum absolute atomic E-state index is 5.92. The minimum atomic E-state index is 0.102. The van der Waals surface area contributed by atoms with Crippen molar-refractivity contribution in [2.75, 3.05) is 6.61 Å². The third-order valence-corrected chi connectivity index (χ3v) is 3.22. The van der Waals surface area contributed by atoms with Gasteiger partial charge in [0.2, 0.25) is 0 Å². The Hall–Kier alpha value is -2.02. The lowest BCUT2D eigenvalue weighted by Crippen LogP contribution is -2.17. The van der Waals surface area contributed by atoms with Gasteiger partial charge in [-0.05, 0) is 36.1 Å². The molecule has 1 aromatic carbocycles. The van der Waals surface area contributed by atoms with Crippen LogP contribution < -0.4 is 0 Å². The van der Waals surface area contributed by atoms with Gasteiger partial charge in [0.25, 0.3) is 0 Å². The van der Waals surface area contributed by atoms with Crippen LogP contribution in [0.15, 0.2) is 72.7 Å². The molecule has 1 aliphatic rings. The molecule has 1 heterocycles. The molecule has 2 nitrogen and oxygen atoms in total. The Morgan fingerprint density at radius 1 is 1.35 bits per heavy atom. The first-order valence-electron chi connectivity index (χ1n) is 6.82. The van der Waals surface area contributed by atoms with Crippen LogP contribution in [0.25, 0.3) is 0 Å². The fourth-order valence-corrected chi connectivity index (χ4v) is 2.05. The molecule has 0 radical (unpaired) electrons. The number of allylic oxidation sites excluding steroid dienone is 3. The summed E-state index contributed by atoms with van der Waals surface area (Å²) in [6.07, 6.45) is 5.52. The highest BCUT2D eigenvalue weighted by atomic mass is 16.5. The predicted molar refractivity (Wildman–Crippen MR) is 81.1 cm³/mol. The van der Waals surface area contributed by atoms with Crippen LogP contribution in [0, 0.1) is 0 Å². The van der Waals surface area contributed by atoms with Gasteiger partial charge in [0.15, 0.2) is 0 Å². The van der Waals surface area contributed by atoms with Crippen LogP contribution in [0.2, 0.25) is 0 Å². The van der Waals surface area contributed by atoms with Gasteiger partial charge < -0.3 is 9.47 Å². The molecule has 20 heavy (non-hydrogen) atoms. The SMILES string of the molecule is C=C=C/C=C1/OCC(OCc2ccccc2)CCC1=C. The molecular weight excluding hydrogens is 248 g/mol. The lowest BCUT2D eigenvalue weighted by atomic mass is 10.1. The molecule has 2 rings (SSSR count). The molecule has 104 valence electrons. The monoisotopic (exact) mass is 268 g/mol. The molecule has 0 saturated carbocycles. The molecule has 1 saturated heterocycles. The average Bonchev–Trinajstić information content (AvgIpc) is 2.66. The minimum Gasteiger partial charge on any atom is -0.491 e. The van der Waals surface area contributed by atoms with E-state index in [1.54, 1.807) is 6.08 Å². The Kier molecular flexibility index (Phi) is 5.43. The number of hydrogen-bond acceptors (Lipinski definition) is 2. The van der Waals surface area contributed by atoms with Crippen molar-refractivity contribution in [3.63, 3.8) is 0 Å². The van der Waals surface area contributed by atoms with Gasteiger partial charge in [0, 0.05) is 0 Å². The number of rotatable bonds is 4. The summed E-state index contributed by atoms with van der Waals surface area (Å²) >= 11 is 0. The van der Waals surface area contributed by atoms with E-state index in [4.69, 9.17) is 9.47 Å². The molecule has 0 aliphatic carbocycles. The predicted octanol–water partition coefficient (Wildman–Crippen LogP) is 4.16. The number of hydrogen-bond donors (Lipinski definition) is 0. The molecule has 0 aromatic heterocycles. The van der Waals surface area contributed by atoms with Crippen LogP contribution in [-0.4, -0.2) is 12.7 Å². The highest BCUT2D eigenvalue weighted by Crippen LogP contribution is 2.23. The van der Waals surface area contributed by atoms with Gasteiger partial charge in [-0.3, -0.25) is 0 Å². The van der Waals surface area contributed by atoms with E-state index in [9.17, 15) is 0 Å². The highest BCUT2D eigenvalue weighted by Gasteiger charge is 2.18. The van der Waals surface area contributed by atoms with E-state index in [2.05, 4.69) is 31.0 Å². The molecule has 1 fully saturated rings. The maximum atomic E-state index is 5.92. The van der Waals surface area contributed by atoms with Gasteiger partial charge in [0.1, 0.15) is 12.4 Å². The first-order chi connectivity index (χ1) is 9.79. The second-order valence-corrected chi connectivity index (χ2v) is 4.77. The smallest absolute Gasteiger partial charge is 0.122 e. The van der Waals surface area contributed by atoms with Crippen molar-refractivity contribution in [2.24, 2.45) is 0 Å². The molecular formula is C18H20O2.